The molecule has 1 heterocycles. The molecule has 1 saturated heterocycles. The molecule has 0 aromatic heterocycles. The van der Waals surface area contributed by atoms with E-state index < -0.39 is 33.9 Å². The topological polar surface area (TPSA) is 101 Å². The number of piperidine rings is 1. The number of rotatable bonds is 3. The summed E-state index contributed by atoms with van der Waals surface area (Å²) in [5, 5.41) is 15.6. The number of anilines is 1. The Bertz CT molecular complexity index is 566. The summed E-state index contributed by atoms with van der Waals surface area (Å²) in [5.74, 6) is -2.08. The molecule has 0 radical (unpaired) electrons. The lowest BCUT2D eigenvalue weighted by molar-refractivity contribution is -0.384. The molecule has 20 heavy (non-hydrogen) atoms. The van der Waals surface area contributed by atoms with Crippen LogP contribution in [0.1, 0.15) is 12.8 Å². The quantitative estimate of drug-likeness (QED) is 0.642. The van der Waals surface area contributed by atoms with Crippen LogP contribution in [-0.4, -0.2) is 23.3 Å². The van der Waals surface area contributed by atoms with Crippen molar-refractivity contribution in [2.24, 2.45) is 5.92 Å². The highest BCUT2D eigenvalue weighted by Gasteiger charge is 2.27. The van der Waals surface area contributed by atoms with Gasteiger partial charge in [0, 0.05) is 19.0 Å². The van der Waals surface area contributed by atoms with Gasteiger partial charge in [0.25, 0.3) is 5.69 Å². The standard InChI is InChI=1S/C12H12FN3O4/c13-8-2-1-3-9(16(19)20)11(8)15-12(18)7-4-5-10(17)14-6-7/h1-3,7H,4-6H2,(H,14,17)(H,15,18). The van der Waals surface area contributed by atoms with E-state index in [2.05, 4.69) is 10.6 Å². The zero-order valence-corrected chi connectivity index (χ0v) is 10.4. The number of benzene rings is 1. The van der Waals surface area contributed by atoms with Crippen LogP contribution in [0, 0.1) is 21.8 Å². The lowest BCUT2D eigenvalue weighted by Crippen LogP contribution is -2.40. The van der Waals surface area contributed by atoms with E-state index in [0.717, 1.165) is 12.1 Å². The van der Waals surface area contributed by atoms with Gasteiger partial charge in [-0.05, 0) is 12.5 Å². The fourth-order valence-electron chi connectivity index (χ4n) is 1.97. The first kappa shape index (κ1) is 13.9. The highest BCUT2D eigenvalue weighted by molar-refractivity contribution is 5.96. The third-order valence-corrected chi connectivity index (χ3v) is 3.07. The second-order valence-electron chi connectivity index (χ2n) is 4.42. The second kappa shape index (κ2) is 5.64. The molecule has 106 valence electrons. The monoisotopic (exact) mass is 281 g/mol. The molecular weight excluding hydrogens is 269 g/mol. The van der Waals surface area contributed by atoms with Crippen LogP contribution in [0.15, 0.2) is 18.2 Å². The minimum absolute atomic E-state index is 0.146. The average Bonchev–Trinajstić information content (AvgIpc) is 2.41. The van der Waals surface area contributed by atoms with E-state index in [1.54, 1.807) is 0 Å². The fraction of sp³-hybridized carbons (Fsp3) is 0.333. The number of amides is 2. The Morgan fingerprint density at radius 2 is 2.25 bits per heavy atom. The van der Waals surface area contributed by atoms with Gasteiger partial charge in [-0.15, -0.1) is 0 Å². The Labute approximate surface area is 113 Å². The zero-order valence-electron chi connectivity index (χ0n) is 10.4. The second-order valence-corrected chi connectivity index (χ2v) is 4.42. The van der Waals surface area contributed by atoms with Gasteiger partial charge in [-0.25, -0.2) is 4.39 Å². The lowest BCUT2D eigenvalue weighted by atomic mass is 9.98. The van der Waals surface area contributed by atoms with E-state index in [9.17, 15) is 24.1 Å². The molecule has 2 N–H and O–H groups in total. The number of hydrogen-bond donors (Lipinski definition) is 2. The van der Waals surface area contributed by atoms with Crippen LogP contribution in [0.3, 0.4) is 0 Å². The van der Waals surface area contributed by atoms with Gasteiger partial charge in [-0.2, -0.15) is 0 Å². The predicted molar refractivity (Wildman–Crippen MR) is 67.4 cm³/mol. The molecule has 1 aliphatic heterocycles. The van der Waals surface area contributed by atoms with Crippen molar-refractivity contribution < 1.29 is 18.9 Å². The van der Waals surface area contributed by atoms with E-state index in [-0.39, 0.29) is 18.9 Å². The SMILES string of the molecule is O=C1CCC(C(=O)Nc2c(F)cccc2[N+](=O)[O-])CN1. The summed E-state index contributed by atoms with van der Waals surface area (Å²) in [7, 11) is 0. The van der Waals surface area contributed by atoms with Crippen LogP contribution in [0.4, 0.5) is 15.8 Å². The first-order valence-corrected chi connectivity index (χ1v) is 5.99. The summed E-state index contributed by atoms with van der Waals surface area (Å²) in [6.07, 6.45) is 0.539. The van der Waals surface area contributed by atoms with Gasteiger partial charge in [-0.1, -0.05) is 6.07 Å². The third kappa shape index (κ3) is 2.90. The minimum Gasteiger partial charge on any atom is -0.355 e. The summed E-state index contributed by atoms with van der Waals surface area (Å²) in [4.78, 5) is 33.0. The Balaban J connectivity index is 2.15. The van der Waals surface area contributed by atoms with Crippen molar-refractivity contribution in [2.45, 2.75) is 12.8 Å². The van der Waals surface area contributed by atoms with Crippen molar-refractivity contribution in [3.05, 3.63) is 34.1 Å². The van der Waals surface area contributed by atoms with Crippen LogP contribution >= 0.6 is 0 Å². The maximum atomic E-state index is 13.6. The number of halogens is 1. The molecule has 1 atom stereocenters. The molecule has 0 spiro atoms. The van der Waals surface area contributed by atoms with Crippen LogP contribution in [0.5, 0.6) is 0 Å². The average molecular weight is 281 g/mol. The summed E-state index contributed by atoms with van der Waals surface area (Å²) < 4.78 is 13.6. The summed E-state index contributed by atoms with van der Waals surface area (Å²) in [6, 6.07) is 3.34. The molecule has 0 bridgehead atoms. The van der Waals surface area contributed by atoms with E-state index in [1.807, 2.05) is 0 Å². The minimum atomic E-state index is -0.868. The fourth-order valence-corrected chi connectivity index (χ4v) is 1.97. The van der Waals surface area contributed by atoms with E-state index in [1.165, 1.54) is 6.07 Å². The maximum absolute atomic E-state index is 13.6. The Morgan fingerprint density at radius 1 is 1.50 bits per heavy atom. The van der Waals surface area contributed by atoms with Gasteiger partial charge in [0.15, 0.2) is 11.5 Å². The maximum Gasteiger partial charge on any atom is 0.295 e. The molecular formula is C12H12FN3O4. The van der Waals surface area contributed by atoms with Crippen molar-refractivity contribution in [3.63, 3.8) is 0 Å². The lowest BCUT2D eigenvalue weighted by Gasteiger charge is -2.21. The number of carbonyl (C=O) groups excluding carboxylic acids is 2. The highest BCUT2D eigenvalue weighted by atomic mass is 19.1. The van der Waals surface area contributed by atoms with Gasteiger partial charge < -0.3 is 10.6 Å². The van der Waals surface area contributed by atoms with Crippen LogP contribution < -0.4 is 10.6 Å². The Hall–Kier alpha value is -2.51. The molecule has 2 rings (SSSR count). The van der Waals surface area contributed by atoms with Gasteiger partial charge >= 0.3 is 0 Å². The first-order valence-electron chi connectivity index (χ1n) is 5.99. The molecule has 7 nitrogen and oxygen atoms in total. The van der Waals surface area contributed by atoms with E-state index in [0.29, 0.717) is 6.42 Å². The molecule has 2 amide bonds. The van der Waals surface area contributed by atoms with Gasteiger partial charge in [0.05, 0.1) is 10.8 Å². The van der Waals surface area contributed by atoms with Crippen molar-refractivity contribution >= 4 is 23.2 Å². The number of para-hydroxylation sites is 1. The van der Waals surface area contributed by atoms with Gasteiger partial charge in [0.1, 0.15) is 0 Å². The van der Waals surface area contributed by atoms with Gasteiger partial charge in [0.2, 0.25) is 11.8 Å². The smallest absolute Gasteiger partial charge is 0.295 e. The van der Waals surface area contributed by atoms with Crippen LogP contribution in [-0.2, 0) is 9.59 Å². The van der Waals surface area contributed by atoms with Gasteiger partial charge in [-0.3, -0.25) is 19.7 Å². The highest BCUT2D eigenvalue weighted by Crippen LogP contribution is 2.28. The number of nitrogens with one attached hydrogen (secondary N) is 2. The molecule has 0 saturated carbocycles. The van der Waals surface area contributed by atoms with Crippen molar-refractivity contribution in [1.29, 1.82) is 0 Å². The summed E-state index contributed by atoms with van der Waals surface area (Å²) in [6.45, 7) is 0.146. The predicted octanol–water partition coefficient (Wildman–Crippen LogP) is 1.20. The Morgan fingerprint density at radius 3 is 2.85 bits per heavy atom. The molecule has 1 aromatic rings. The third-order valence-electron chi connectivity index (χ3n) is 3.07. The molecule has 8 heteroatoms. The summed E-state index contributed by atoms with van der Waals surface area (Å²) in [5.41, 5.74) is -0.947. The van der Waals surface area contributed by atoms with E-state index >= 15 is 0 Å². The van der Waals surface area contributed by atoms with Crippen LogP contribution in [0.2, 0.25) is 0 Å². The van der Waals surface area contributed by atoms with Crippen molar-refractivity contribution in [2.75, 3.05) is 11.9 Å². The number of carbonyl (C=O) groups is 2. The first-order chi connectivity index (χ1) is 9.49. The number of hydrogen-bond acceptors (Lipinski definition) is 4. The van der Waals surface area contributed by atoms with E-state index in [4.69, 9.17) is 0 Å². The molecule has 1 unspecified atom stereocenters. The molecule has 1 fully saturated rings. The molecule has 1 aromatic carbocycles. The van der Waals surface area contributed by atoms with Crippen molar-refractivity contribution in [1.82, 2.24) is 5.32 Å². The molecule has 0 aliphatic carbocycles. The largest absolute Gasteiger partial charge is 0.355 e. The molecule has 1 aliphatic rings. The van der Waals surface area contributed by atoms with Crippen molar-refractivity contribution in [3.8, 4) is 0 Å². The summed E-state index contributed by atoms with van der Waals surface area (Å²) >= 11 is 0. The Kier molecular flexibility index (Phi) is 3.92. The number of nitrogens with zero attached hydrogens (tertiary/aromatic N) is 1. The van der Waals surface area contributed by atoms with Crippen LogP contribution in [0.25, 0.3) is 0 Å². The number of nitro benzene ring substituents is 1. The normalized spacial score (nSPS) is 18.2. The zero-order chi connectivity index (χ0) is 14.7. The number of nitro groups is 1.